The highest BCUT2D eigenvalue weighted by Gasteiger charge is 2.21. The van der Waals surface area contributed by atoms with Crippen molar-refractivity contribution >= 4 is 16.7 Å². The molecule has 1 unspecified atom stereocenters. The van der Waals surface area contributed by atoms with E-state index in [1.165, 1.54) is 27.6 Å². The van der Waals surface area contributed by atoms with Crippen LogP contribution in [0.1, 0.15) is 31.4 Å². The van der Waals surface area contributed by atoms with E-state index < -0.39 is 6.10 Å². The van der Waals surface area contributed by atoms with Crippen molar-refractivity contribution in [2.45, 2.75) is 39.2 Å². The molecule has 1 aliphatic heterocycles. The molecule has 0 saturated heterocycles. The average molecular weight is 448 g/mol. The fraction of sp³-hybridized carbons (Fsp3) is 0.333. The van der Waals surface area contributed by atoms with E-state index in [-0.39, 0.29) is 5.97 Å². The van der Waals surface area contributed by atoms with Crippen LogP contribution in [-0.4, -0.2) is 36.9 Å². The van der Waals surface area contributed by atoms with Gasteiger partial charge < -0.3 is 19.2 Å². The number of carbonyl (C=O) groups excluding carboxylic acids is 1. The Morgan fingerprint density at radius 1 is 1.06 bits per heavy atom. The van der Waals surface area contributed by atoms with Crippen molar-refractivity contribution < 1.29 is 24.0 Å². The van der Waals surface area contributed by atoms with Crippen molar-refractivity contribution in [2.24, 2.45) is 0 Å². The van der Waals surface area contributed by atoms with E-state index >= 15 is 0 Å². The molecule has 0 spiro atoms. The zero-order chi connectivity index (χ0) is 23.0. The number of hydrogen-bond donors (Lipinski definition) is 1. The number of esters is 1. The molecule has 2 heterocycles. The molecule has 1 aromatic carbocycles. The maximum atomic E-state index is 12.1. The second-order valence-electron chi connectivity index (χ2n) is 7.91. The second kappa shape index (κ2) is 11.0. The van der Waals surface area contributed by atoms with Gasteiger partial charge in [0.15, 0.2) is 18.5 Å². The van der Waals surface area contributed by atoms with Gasteiger partial charge in [0.1, 0.15) is 5.75 Å². The summed E-state index contributed by atoms with van der Waals surface area (Å²) in [5.74, 6) is 0.502. The normalized spacial score (nSPS) is 12.2. The van der Waals surface area contributed by atoms with E-state index in [1.807, 2.05) is 49.6 Å². The zero-order valence-corrected chi connectivity index (χ0v) is 19.2. The Morgan fingerprint density at radius 3 is 2.70 bits per heavy atom. The number of hydrogen-bond acceptors (Lipinski definition) is 4. The lowest BCUT2D eigenvalue weighted by Crippen LogP contribution is -2.28. The fourth-order valence-electron chi connectivity index (χ4n) is 4.24. The van der Waals surface area contributed by atoms with Crippen molar-refractivity contribution in [3.05, 3.63) is 72.2 Å². The third-order valence-corrected chi connectivity index (χ3v) is 5.74. The summed E-state index contributed by atoms with van der Waals surface area (Å²) >= 11 is 0. The first-order chi connectivity index (χ1) is 16.2. The zero-order valence-electron chi connectivity index (χ0n) is 19.2. The molecule has 0 amide bonds. The van der Waals surface area contributed by atoms with Crippen LogP contribution in [0.5, 0.6) is 5.75 Å². The Hall–Kier alpha value is -3.38. The predicted molar refractivity (Wildman–Crippen MR) is 127 cm³/mol. The summed E-state index contributed by atoms with van der Waals surface area (Å²) in [5.41, 5.74) is 4.77. The van der Waals surface area contributed by atoms with Crippen molar-refractivity contribution in [1.29, 1.82) is 0 Å². The quantitative estimate of drug-likeness (QED) is 0.269. The third kappa shape index (κ3) is 5.34. The largest absolute Gasteiger partial charge is 0.494 e. The van der Waals surface area contributed by atoms with E-state index in [0.717, 1.165) is 24.2 Å². The Bertz CT molecular complexity index is 1150. The highest BCUT2D eigenvalue weighted by atomic mass is 16.6. The number of aromatic nitrogens is 2. The van der Waals surface area contributed by atoms with Crippen LogP contribution in [0.3, 0.4) is 0 Å². The highest BCUT2D eigenvalue weighted by molar-refractivity contribution is 6.03. The summed E-state index contributed by atoms with van der Waals surface area (Å²) < 4.78 is 16.6. The molecule has 4 rings (SSSR count). The van der Waals surface area contributed by atoms with Crippen molar-refractivity contribution in [3.8, 4) is 17.0 Å². The monoisotopic (exact) mass is 447 g/mol. The van der Waals surface area contributed by atoms with Gasteiger partial charge in [-0.25, -0.2) is 9.78 Å². The number of ether oxygens (including phenoxy) is 3. The van der Waals surface area contributed by atoms with Gasteiger partial charge in [0, 0.05) is 36.2 Å². The number of nitrogens with one attached hydrogen (secondary N) is 2. The molecule has 0 fully saturated rings. The van der Waals surface area contributed by atoms with Gasteiger partial charge in [-0.3, -0.25) is 0 Å². The maximum absolute atomic E-state index is 12.1. The molecule has 2 N–H and O–H groups in total. The fourth-order valence-corrected chi connectivity index (χ4v) is 4.24. The Labute approximate surface area is 194 Å². The van der Waals surface area contributed by atoms with Crippen molar-refractivity contribution in [3.63, 3.8) is 0 Å². The number of pyridine rings is 2. The van der Waals surface area contributed by atoms with Gasteiger partial charge in [-0.2, -0.15) is 0 Å². The first-order valence-corrected chi connectivity index (χ1v) is 11.6. The Balaban J connectivity index is 1.33. The van der Waals surface area contributed by atoms with Gasteiger partial charge in [0.05, 0.1) is 24.3 Å². The van der Waals surface area contributed by atoms with E-state index in [2.05, 4.69) is 28.3 Å². The Kier molecular flexibility index (Phi) is 7.58. The van der Waals surface area contributed by atoms with E-state index in [4.69, 9.17) is 14.2 Å². The smallest absolute Gasteiger partial charge is 0.335 e. The number of benzene rings is 1. The van der Waals surface area contributed by atoms with Crippen LogP contribution >= 0.6 is 0 Å². The molecule has 1 atom stereocenters. The van der Waals surface area contributed by atoms with Crippen LogP contribution in [0.2, 0.25) is 0 Å². The predicted octanol–water partition coefficient (Wildman–Crippen LogP) is 4.61. The van der Waals surface area contributed by atoms with Gasteiger partial charge in [0.2, 0.25) is 0 Å². The third-order valence-electron chi connectivity index (χ3n) is 5.74. The minimum atomic E-state index is -0.579. The first kappa shape index (κ1) is 22.8. The van der Waals surface area contributed by atoms with Gasteiger partial charge in [-0.1, -0.05) is 18.2 Å². The van der Waals surface area contributed by atoms with Crippen LogP contribution in [-0.2, 0) is 27.1 Å². The maximum Gasteiger partial charge on any atom is 0.335 e. The number of aryl methyl sites for hydroxylation is 1. The van der Waals surface area contributed by atoms with E-state index in [1.54, 1.807) is 6.92 Å². The van der Waals surface area contributed by atoms with Crippen LogP contribution < -0.4 is 9.72 Å². The number of carbonyl (C=O) groups is 1. The minimum absolute atomic E-state index is 0.318. The molecule has 1 aliphatic carbocycles. The van der Waals surface area contributed by atoms with Crippen LogP contribution in [0.4, 0.5) is 0 Å². The SMILES string of the molecule is CCOC(=O)C(Cc1ccc(OCCCc2c3[nH]cccc-3c3cc[nH+]cc23)cc1)OCC. The topological polar surface area (TPSA) is 74.7 Å². The van der Waals surface area contributed by atoms with Gasteiger partial charge in [-0.15, -0.1) is 0 Å². The molecule has 2 aromatic rings. The second-order valence-corrected chi connectivity index (χ2v) is 7.91. The van der Waals surface area contributed by atoms with Gasteiger partial charge in [0.25, 0.3) is 0 Å². The molecule has 1 aromatic heterocycles. The average Bonchev–Trinajstić information content (AvgIpc) is 3.16. The lowest BCUT2D eigenvalue weighted by molar-refractivity contribution is -0.375. The summed E-state index contributed by atoms with van der Waals surface area (Å²) in [6, 6.07) is 14.2. The summed E-state index contributed by atoms with van der Waals surface area (Å²) in [6.45, 7) is 5.12. The van der Waals surface area contributed by atoms with Crippen LogP contribution in [0.15, 0.2) is 61.1 Å². The van der Waals surface area contributed by atoms with Gasteiger partial charge >= 0.3 is 5.97 Å². The standard InChI is InChI=1S/C27H30N2O4/c1-3-31-25(27(30)32-4-2)17-19-9-11-20(12-10-19)33-16-6-8-23-24-18-28-15-13-21(24)22-7-5-14-29-26(22)23/h5,7,9-15,18,25,29H,3-4,6,8,16-17H2,1-2H3/p+1. The lowest BCUT2D eigenvalue weighted by Gasteiger charge is -2.15. The molecule has 0 saturated carbocycles. The van der Waals surface area contributed by atoms with Crippen molar-refractivity contribution in [2.75, 3.05) is 19.8 Å². The molecule has 0 bridgehead atoms. The molecule has 6 nitrogen and oxygen atoms in total. The summed E-state index contributed by atoms with van der Waals surface area (Å²) in [4.78, 5) is 18.7. The van der Waals surface area contributed by atoms with Crippen LogP contribution in [0, 0.1) is 0 Å². The first-order valence-electron chi connectivity index (χ1n) is 11.6. The van der Waals surface area contributed by atoms with E-state index in [0.29, 0.717) is 26.2 Å². The molecule has 172 valence electrons. The summed E-state index contributed by atoms with van der Waals surface area (Å²) in [7, 11) is 0. The number of fused-ring (bicyclic) bond motifs is 3. The molecule has 33 heavy (non-hydrogen) atoms. The van der Waals surface area contributed by atoms with Crippen molar-refractivity contribution in [1.82, 2.24) is 4.98 Å². The molecule has 0 radical (unpaired) electrons. The lowest BCUT2D eigenvalue weighted by atomic mass is 10.1. The summed E-state index contributed by atoms with van der Waals surface area (Å²) in [5, 5.41) is 2.52. The molecular formula is C27H31N2O4+. The van der Waals surface area contributed by atoms with Crippen LogP contribution in [0.25, 0.3) is 22.0 Å². The molecule has 6 heteroatoms. The Morgan fingerprint density at radius 2 is 1.91 bits per heavy atom. The number of rotatable bonds is 11. The van der Waals surface area contributed by atoms with Gasteiger partial charge in [-0.05, 0) is 56.0 Å². The summed E-state index contributed by atoms with van der Waals surface area (Å²) in [6.07, 6.45) is 7.75. The van der Waals surface area contributed by atoms with E-state index in [9.17, 15) is 4.79 Å². The highest BCUT2D eigenvalue weighted by Crippen LogP contribution is 2.37. The minimum Gasteiger partial charge on any atom is -0.494 e. The number of aromatic amines is 2. The number of H-pyrrole nitrogens is 2. The molecule has 2 aliphatic rings. The molecular weight excluding hydrogens is 416 g/mol.